The fraction of sp³-hybridized carbons (Fsp3) is 0.852. The molecule has 3 aliphatic rings. The van der Waals surface area contributed by atoms with Gasteiger partial charge >= 0.3 is 13.4 Å². The number of nitrogens with zero attached hydrogens (tertiary/aromatic N) is 3. The van der Waals surface area contributed by atoms with Crippen LogP contribution in [0.4, 0.5) is 4.39 Å². The third kappa shape index (κ3) is 8.51. The van der Waals surface area contributed by atoms with Gasteiger partial charge in [-0.1, -0.05) is 20.8 Å². The first-order chi connectivity index (χ1) is 19.8. The van der Waals surface area contributed by atoms with E-state index in [1.54, 1.807) is 13.8 Å². The first-order valence-electron chi connectivity index (χ1n) is 15.0. The third-order valence-corrected chi connectivity index (χ3v) is 14.6. The zero-order valence-electron chi connectivity index (χ0n) is 26.2. The van der Waals surface area contributed by atoms with Gasteiger partial charge in [-0.25, -0.2) is 18.8 Å². The quantitative estimate of drug-likeness (QED) is 0.252. The van der Waals surface area contributed by atoms with Crippen LogP contribution in [-0.2, 0) is 23.2 Å². The lowest BCUT2D eigenvalue weighted by molar-refractivity contribution is -0.141. The molecule has 6 atom stereocenters. The summed E-state index contributed by atoms with van der Waals surface area (Å²) in [5, 5.41) is 1.35. The number of ether oxygens (including phenoxy) is 3. The van der Waals surface area contributed by atoms with Crippen molar-refractivity contribution in [1.82, 2.24) is 19.3 Å². The van der Waals surface area contributed by atoms with Crippen LogP contribution >= 0.6 is 7.75 Å². The largest absolute Gasteiger partial charge is 0.416 e. The van der Waals surface area contributed by atoms with Crippen molar-refractivity contribution >= 4 is 16.1 Å². The average molecular weight is 651 g/mol. The molecule has 4 heterocycles. The van der Waals surface area contributed by atoms with Crippen LogP contribution in [0.1, 0.15) is 73.0 Å². The highest BCUT2D eigenvalue weighted by Gasteiger charge is 2.48. The van der Waals surface area contributed by atoms with E-state index in [-0.39, 0.29) is 37.1 Å². The molecule has 43 heavy (non-hydrogen) atoms. The van der Waals surface area contributed by atoms with Gasteiger partial charge in [-0.2, -0.15) is 0 Å². The minimum atomic E-state index is -4.83. The van der Waals surface area contributed by atoms with Crippen LogP contribution < -0.4 is 11.2 Å². The monoisotopic (exact) mass is 650 g/mol. The number of alkyl halides is 1. The van der Waals surface area contributed by atoms with Crippen LogP contribution in [0.2, 0.25) is 18.1 Å². The number of aromatic amines is 1. The summed E-state index contributed by atoms with van der Waals surface area (Å²) >= 11 is 0. The zero-order chi connectivity index (χ0) is 32.0. The molecule has 0 aromatic carbocycles. The van der Waals surface area contributed by atoms with Gasteiger partial charge in [-0.3, -0.25) is 14.3 Å². The number of H-pyrrole nitrogens is 1. The molecule has 0 saturated carbocycles. The molecule has 1 aromatic rings. The van der Waals surface area contributed by atoms with Gasteiger partial charge in [0, 0.05) is 37.8 Å². The van der Waals surface area contributed by atoms with E-state index in [0.29, 0.717) is 25.9 Å². The topological polar surface area (TPSA) is 156 Å². The second-order valence-electron chi connectivity index (χ2n) is 13.8. The first-order valence-corrected chi connectivity index (χ1v) is 19.4. The van der Waals surface area contributed by atoms with E-state index < -0.39 is 63.7 Å². The van der Waals surface area contributed by atoms with Crippen molar-refractivity contribution in [2.75, 3.05) is 19.7 Å². The molecule has 16 heteroatoms. The molecule has 0 radical (unpaired) electrons. The average Bonchev–Trinajstić information content (AvgIpc) is 3.40. The van der Waals surface area contributed by atoms with E-state index in [0.717, 1.165) is 4.78 Å². The van der Waals surface area contributed by atoms with Crippen LogP contribution in [0.5, 0.6) is 0 Å². The number of hydrazine groups is 1. The van der Waals surface area contributed by atoms with Gasteiger partial charge in [0.1, 0.15) is 12.4 Å². The molecular weight excluding hydrogens is 602 g/mol. The van der Waals surface area contributed by atoms with Gasteiger partial charge in [0.15, 0.2) is 14.1 Å². The lowest BCUT2D eigenvalue weighted by atomic mass is 9.95. The number of rotatable bonds is 10. The Morgan fingerprint density at radius 2 is 1.95 bits per heavy atom. The maximum atomic E-state index is 14.8. The summed E-state index contributed by atoms with van der Waals surface area (Å²) in [7, 11) is -7.14. The second-order valence-corrected chi connectivity index (χ2v) is 20.1. The van der Waals surface area contributed by atoms with Gasteiger partial charge < -0.3 is 28.4 Å². The molecule has 1 aromatic heterocycles. The molecule has 0 spiro atoms. The number of halogens is 1. The zero-order valence-corrected chi connectivity index (χ0v) is 28.1. The van der Waals surface area contributed by atoms with E-state index in [4.69, 9.17) is 18.6 Å². The van der Waals surface area contributed by atoms with Crippen LogP contribution in [0.25, 0.3) is 0 Å². The molecule has 0 bridgehead atoms. The Bertz CT molecular complexity index is 1280. The summed E-state index contributed by atoms with van der Waals surface area (Å²) in [5.74, 6) is -0.779. The Morgan fingerprint density at radius 3 is 2.53 bits per heavy atom. The first kappa shape index (κ1) is 34.6. The van der Waals surface area contributed by atoms with Crippen molar-refractivity contribution in [3.63, 3.8) is 0 Å². The number of piperidine rings is 1. The molecular formula is C27H48FN4O9PSi. The Balaban J connectivity index is 1.59. The predicted molar refractivity (Wildman–Crippen MR) is 159 cm³/mol. The third-order valence-electron chi connectivity index (χ3n) is 9.03. The Kier molecular flexibility index (Phi) is 10.3. The van der Waals surface area contributed by atoms with Crippen LogP contribution in [-0.4, -0.2) is 93.5 Å². The highest BCUT2D eigenvalue weighted by molar-refractivity contribution is 7.49. The van der Waals surface area contributed by atoms with Crippen molar-refractivity contribution in [2.24, 2.45) is 0 Å². The highest BCUT2D eigenvalue weighted by Crippen LogP contribution is 2.46. The summed E-state index contributed by atoms with van der Waals surface area (Å²) in [6, 6.07) is 0.794. The molecule has 13 nitrogen and oxygen atoms in total. The van der Waals surface area contributed by atoms with Crippen molar-refractivity contribution < 1.29 is 37.4 Å². The molecule has 3 aliphatic heterocycles. The summed E-state index contributed by atoms with van der Waals surface area (Å²) in [6.45, 7) is 14.2. The van der Waals surface area contributed by atoms with E-state index in [9.17, 15) is 28.3 Å². The SMILES string of the molecule is CC1(C)OCC(CCN(N2CC(F)CCC2C[C@H]2O[C@@H](n3ccc(=O)[nH]c3=O)C[C@@H]2O[Si](C)(C)C(C)(C)C)P(=O)(O)O)O1. The van der Waals surface area contributed by atoms with Crippen LogP contribution in [0.15, 0.2) is 21.9 Å². The summed E-state index contributed by atoms with van der Waals surface area (Å²) in [4.78, 5) is 47.3. The Hall–Kier alpha value is -1.26. The maximum absolute atomic E-state index is 14.8. The van der Waals surface area contributed by atoms with E-state index in [2.05, 4.69) is 38.8 Å². The molecule has 3 N–H and O–H groups in total. The fourth-order valence-corrected chi connectivity index (χ4v) is 8.00. The Labute approximate surface area is 253 Å². The smallest absolute Gasteiger partial charge is 0.411 e. The molecule has 0 aliphatic carbocycles. The minimum Gasteiger partial charge on any atom is -0.411 e. The van der Waals surface area contributed by atoms with Gasteiger partial charge in [-0.15, -0.1) is 4.78 Å². The molecule has 3 saturated heterocycles. The van der Waals surface area contributed by atoms with Crippen molar-refractivity contribution in [3.05, 3.63) is 33.1 Å². The Morgan fingerprint density at radius 1 is 1.26 bits per heavy atom. The highest BCUT2D eigenvalue weighted by atomic mass is 31.2. The van der Waals surface area contributed by atoms with Gasteiger partial charge in [0.05, 0.1) is 24.9 Å². The minimum absolute atomic E-state index is 0.0532. The predicted octanol–water partition coefficient (Wildman–Crippen LogP) is 3.26. The summed E-state index contributed by atoms with van der Waals surface area (Å²) in [5.41, 5.74) is -1.11. The van der Waals surface area contributed by atoms with Gasteiger partial charge in [0.25, 0.3) is 5.56 Å². The molecule has 4 rings (SSSR count). The normalized spacial score (nSPS) is 30.8. The van der Waals surface area contributed by atoms with E-state index >= 15 is 0 Å². The second kappa shape index (κ2) is 12.9. The number of hydrogen-bond acceptors (Lipinski definition) is 8. The van der Waals surface area contributed by atoms with Crippen molar-refractivity contribution in [2.45, 2.75) is 127 Å². The van der Waals surface area contributed by atoms with Crippen molar-refractivity contribution in [1.29, 1.82) is 0 Å². The molecule has 3 unspecified atom stereocenters. The number of aromatic nitrogens is 2. The lowest BCUT2D eigenvalue weighted by Gasteiger charge is -2.45. The maximum Gasteiger partial charge on any atom is 0.416 e. The fourth-order valence-electron chi connectivity index (χ4n) is 5.74. The molecule has 246 valence electrons. The lowest BCUT2D eigenvalue weighted by Crippen LogP contribution is -2.55. The number of hydrogen-bond donors (Lipinski definition) is 3. The van der Waals surface area contributed by atoms with Crippen molar-refractivity contribution in [3.8, 4) is 0 Å². The summed E-state index contributed by atoms with van der Waals surface area (Å²) < 4.78 is 54.5. The van der Waals surface area contributed by atoms with Crippen LogP contribution in [0.3, 0.4) is 0 Å². The van der Waals surface area contributed by atoms with E-state index in [1.165, 1.54) is 21.8 Å². The van der Waals surface area contributed by atoms with E-state index in [1.807, 2.05) is 0 Å². The number of nitrogens with one attached hydrogen (secondary N) is 1. The van der Waals surface area contributed by atoms with Gasteiger partial charge in [-0.05, 0) is 57.7 Å². The molecule has 0 amide bonds. The summed E-state index contributed by atoms with van der Waals surface area (Å²) in [6.07, 6.45) is -0.389. The van der Waals surface area contributed by atoms with Gasteiger partial charge in [0.2, 0.25) is 0 Å². The standard InChI is InChI=1S/C27H48FN4O9PSi/c1-26(2,3)43(6,7)41-22-15-24(30-12-11-23(33)29-25(30)34)39-21(22)14-19-9-8-18(28)16-31(19)32(42(35,36)37)13-10-20-17-38-27(4,5)40-20/h11-12,18-22,24H,8-10,13-17H2,1-7H3,(H,29,33,34)(H2,35,36,37)/t18?,19?,20?,21-,22+,24-/m1/s1. The van der Waals surface area contributed by atoms with Crippen LogP contribution in [0, 0.1) is 0 Å². The molecule has 3 fully saturated rings.